The van der Waals surface area contributed by atoms with Crippen molar-refractivity contribution in [3.63, 3.8) is 0 Å². The number of hydrogen-bond donors (Lipinski definition) is 2. The molecule has 2 amide bonds. The minimum atomic E-state index is -1.04. The zero-order chi connectivity index (χ0) is 25.1. The predicted octanol–water partition coefficient (Wildman–Crippen LogP) is 3.20. The molecule has 1 unspecified atom stereocenters. The van der Waals surface area contributed by atoms with Crippen LogP contribution in [0.5, 0.6) is 11.5 Å². The number of nitrogens with zero attached hydrogens (tertiary/aromatic N) is 1. The summed E-state index contributed by atoms with van der Waals surface area (Å²) in [5.41, 5.74) is 0.0269. The molecule has 9 heteroatoms. The number of likely N-dealkylation sites (tertiary alicyclic amines) is 1. The lowest BCUT2D eigenvalue weighted by Gasteiger charge is -2.25. The largest absolute Gasteiger partial charge is 0.480 e. The highest BCUT2D eigenvalue weighted by Crippen LogP contribution is 2.59. The van der Waals surface area contributed by atoms with E-state index in [1.54, 1.807) is 24.3 Å². The van der Waals surface area contributed by atoms with Gasteiger partial charge in [0.05, 0.1) is 13.2 Å². The summed E-state index contributed by atoms with van der Waals surface area (Å²) in [5, 5.41) is 12.4. The van der Waals surface area contributed by atoms with Crippen molar-refractivity contribution in [3.8, 4) is 11.5 Å². The van der Waals surface area contributed by atoms with Crippen LogP contribution in [0.4, 0.5) is 0 Å². The molecule has 2 aromatic rings. The third-order valence-corrected chi connectivity index (χ3v) is 7.18. The fourth-order valence-electron chi connectivity index (χ4n) is 5.16. The molecular formula is C27H30N2O7. The lowest BCUT2D eigenvalue weighted by atomic mass is 10.0. The Kier molecular flexibility index (Phi) is 6.93. The van der Waals surface area contributed by atoms with Crippen LogP contribution in [0.1, 0.15) is 42.5 Å². The van der Waals surface area contributed by atoms with Gasteiger partial charge in [-0.1, -0.05) is 18.2 Å². The molecule has 2 aromatic carbocycles. The minimum Gasteiger partial charge on any atom is -0.480 e. The van der Waals surface area contributed by atoms with Gasteiger partial charge in [-0.2, -0.15) is 0 Å². The number of hydrogen-bond acceptors (Lipinski definition) is 6. The molecule has 1 aliphatic carbocycles. The first kappa shape index (κ1) is 24.3. The third-order valence-electron chi connectivity index (χ3n) is 7.18. The molecular weight excluding hydrogens is 464 g/mol. The second-order valence-electron chi connectivity index (χ2n) is 9.67. The molecule has 0 bridgehead atoms. The lowest BCUT2D eigenvalue weighted by Crippen LogP contribution is -2.47. The van der Waals surface area contributed by atoms with Crippen molar-refractivity contribution in [3.05, 3.63) is 60.2 Å². The number of fused-ring (bicyclic) bond motifs is 1. The van der Waals surface area contributed by atoms with Gasteiger partial charge in [0.1, 0.15) is 17.5 Å². The fraction of sp³-hybridized carbons (Fsp3) is 0.444. The van der Waals surface area contributed by atoms with Crippen molar-refractivity contribution in [1.82, 2.24) is 10.2 Å². The Hall–Kier alpha value is -3.43. The SMILES string of the molecule is O=C(NCC(=O)N1[C@H]2C[C@@]2(COC2CCCCO2)C[C@H]1C(=O)O)c1ccc(Oc2ccccc2)cc1. The molecule has 4 atom stereocenters. The molecule has 3 fully saturated rings. The van der Waals surface area contributed by atoms with Crippen LogP contribution < -0.4 is 10.1 Å². The summed E-state index contributed by atoms with van der Waals surface area (Å²) in [4.78, 5) is 38.9. The van der Waals surface area contributed by atoms with Crippen LogP contribution >= 0.6 is 0 Å². The second-order valence-corrected chi connectivity index (χ2v) is 9.67. The molecule has 5 rings (SSSR count). The Morgan fingerprint density at radius 2 is 1.78 bits per heavy atom. The number of aliphatic carboxylic acids is 1. The van der Waals surface area contributed by atoms with Gasteiger partial charge in [-0.05, 0) is 68.5 Å². The fourth-order valence-corrected chi connectivity index (χ4v) is 5.16. The Balaban J connectivity index is 1.15. The number of carbonyl (C=O) groups is 3. The Morgan fingerprint density at radius 1 is 1.03 bits per heavy atom. The normalized spacial score (nSPS) is 26.7. The molecule has 2 aliphatic heterocycles. The predicted molar refractivity (Wildman–Crippen MR) is 129 cm³/mol. The standard InChI is InChI=1S/C27H30N2O7/c30-23(16-28-25(31)18-9-11-20(12-10-18)36-19-6-2-1-3-7-19)29-21(26(32)33)14-27(15-22(27)29)17-35-24-8-4-5-13-34-24/h1-3,6-7,9-12,21-22,24H,4-5,8,13-17H2,(H,28,31)(H,32,33)/t21-,22-,24?,27+/m0/s1. The molecule has 190 valence electrons. The number of para-hydroxylation sites is 1. The van der Waals surface area contributed by atoms with Gasteiger partial charge in [-0.25, -0.2) is 4.79 Å². The number of carbonyl (C=O) groups excluding carboxylic acids is 2. The molecule has 0 spiro atoms. The zero-order valence-corrected chi connectivity index (χ0v) is 19.9. The maximum absolute atomic E-state index is 13.0. The van der Waals surface area contributed by atoms with Gasteiger partial charge in [0.15, 0.2) is 6.29 Å². The van der Waals surface area contributed by atoms with E-state index in [2.05, 4.69) is 5.32 Å². The highest BCUT2D eigenvalue weighted by atomic mass is 16.7. The molecule has 36 heavy (non-hydrogen) atoms. The smallest absolute Gasteiger partial charge is 0.326 e. The van der Waals surface area contributed by atoms with Crippen molar-refractivity contribution in [1.29, 1.82) is 0 Å². The molecule has 3 aliphatic rings. The minimum absolute atomic E-state index is 0.194. The van der Waals surface area contributed by atoms with Gasteiger partial charge >= 0.3 is 5.97 Å². The number of rotatable bonds is 9. The topological polar surface area (TPSA) is 114 Å². The van der Waals surface area contributed by atoms with Crippen LogP contribution in [-0.4, -0.2) is 65.9 Å². The first-order valence-corrected chi connectivity index (χ1v) is 12.3. The summed E-state index contributed by atoms with van der Waals surface area (Å²) in [6, 6.07) is 14.8. The van der Waals surface area contributed by atoms with Crippen LogP contribution in [0.2, 0.25) is 0 Å². The number of carboxylic acid groups (broad SMARTS) is 1. The summed E-state index contributed by atoms with van der Waals surface area (Å²) < 4.78 is 17.3. The monoisotopic (exact) mass is 494 g/mol. The highest BCUT2D eigenvalue weighted by Gasteiger charge is 2.67. The summed E-state index contributed by atoms with van der Waals surface area (Å²) >= 11 is 0. The van der Waals surface area contributed by atoms with E-state index in [1.165, 1.54) is 4.90 Å². The number of amides is 2. The van der Waals surface area contributed by atoms with Gasteiger partial charge in [-0.15, -0.1) is 0 Å². The van der Waals surface area contributed by atoms with Gasteiger partial charge in [0, 0.05) is 23.6 Å². The van der Waals surface area contributed by atoms with Gasteiger partial charge < -0.3 is 29.5 Å². The molecule has 9 nitrogen and oxygen atoms in total. The quantitative estimate of drug-likeness (QED) is 0.550. The number of carboxylic acids is 1. The number of ether oxygens (including phenoxy) is 3. The van der Waals surface area contributed by atoms with Crippen molar-refractivity contribution >= 4 is 17.8 Å². The second kappa shape index (κ2) is 10.3. The summed E-state index contributed by atoms with van der Waals surface area (Å²) in [6.07, 6.45) is 3.69. The van der Waals surface area contributed by atoms with E-state index in [0.29, 0.717) is 43.1 Å². The van der Waals surface area contributed by atoms with Crippen molar-refractivity contribution < 1.29 is 33.7 Å². The Morgan fingerprint density at radius 3 is 2.47 bits per heavy atom. The number of benzene rings is 2. The maximum atomic E-state index is 13.0. The van der Waals surface area contributed by atoms with Crippen molar-refractivity contribution in [2.75, 3.05) is 19.8 Å². The summed E-state index contributed by atoms with van der Waals surface area (Å²) in [6.45, 7) is 0.773. The number of piperidine rings is 1. The van der Waals surface area contributed by atoms with Crippen molar-refractivity contribution in [2.24, 2.45) is 5.41 Å². The van der Waals surface area contributed by atoms with E-state index in [0.717, 1.165) is 19.3 Å². The molecule has 2 saturated heterocycles. The van der Waals surface area contributed by atoms with Crippen LogP contribution in [0.15, 0.2) is 54.6 Å². The lowest BCUT2D eigenvalue weighted by molar-refractivity contribution is -0.171. The zero-order valence-electron chi connectivity index (χ0n) is 19.9. The third kappa shape index (κ3) is 5.22. The number of nitrogens with one attached hydrogen (secondary N) is 1. The van der Waals surface area contributed by atoms with E-state index in [9.17, 15) is 19.5 Å². The maximum Gasteiger partial charge on any atom is 0.326 e. The average Bonchev–Trinajstić information content (AvgIpc) is 3.51. The van der Waals surface area contributed by atoms with Crippen molar-refractivity contribution in [2.45, 2.75) is 50.5 Å². The molecule has 1 saturated carbocycles. The van der Waals surface area contributed by atoms with Gasteiger partial charge in [-0.3, -0.25) is 9.59 Å². The van der Waals surface area contributed by atoms with E-state index >= 15 is 0 Å². The van der Waals surface area contributed by atoms with Crippen LogP contribution in [0.3, 0.4) is 0 Å². The van der Waals surface area contributed by atoms with E-state index < -0.39 is 23.8 Å². The van der Waals surface area contributed by atoms with Crippen LogP contribution in [0, 0.1) is 5.41 Å². The first-order chi connectivity index (χ1) is 17.4. The van der Waals surface area contributed by atoms with Crippen LogP contribution in [-0.2, 0) is 19.1 Å². The molecule has 2 N–H and O–H groups in total. The molecule has 2 heterocycles. The van der Waals surface area contributed by atoms with Gasteiger partial charge in [0.2, 0.25) is 5.91 Å². The average molecular weight is 495 g/mol. The Labute approximate surface area is 209 Å². The van der Waals surface area contributed by atoms with E-state index in [-0.39, 0.29) is 24.3 Å². The van der Waals surface area contributed by atoms with Gasteiger partial charge in [0.25, 0.3) is 5.91 Å². The highest BCUT2D eigenvalue weighted by molar-refractivity contribution is 5.97. The Bertz CT molecular complexity index is 1100. The first-order valence-electron chi connectivity index (χ1n) is 12.3. The van der Waals surface area contributed by atoms with E-state index in [4.69, 9.17) is 14.2 Å². The van der Waals surface area contributed by atoms with E-state index in [1.807, 2.05) is 30.3 Å². The molecule has 0 radical (unpaired) electrons. The van der Waals surface area contributed by atoms with Crippen LogP contribution in [0.25, 0.3) is 0 Å². The molecule has 0 aromatic heterocycles. The summed E-state index contributed by atoms with van der Waals surface area (Å²) in [5.74, 6) is -0.587. The summed E-state index contributed by atoms with van der Waals surface area (Å²) in [7, 11) is 0.